The standard InChI is InChI=1S/C10H16N2O4S3/c11-4-9-3-10(6-17-9)19(15,16)12-5-8-1-2-18(13,14)7-8/h3,6,8,12H,1-2,4-5,7,11H2. The van der Waals surface area contributed by atoms with Crippen LogP contribution in [0, 0.1) is 5.92 Å². The maximum Gasteiger partial charge on any atom is 0.241 e. The van der Waals surface area contributed by atoms with Gasteiger partial charge in [0.1, 0.15) is 0 Å². The number of hydrogen-bond donors (Lipinski definition) is 2. The van der Waals surface area contributed by atoms with E-state index in [1.807, 2.05) is 0 Å². The fourth-order valence-corrected chi connectivity index (χ4v) is 6.09. The van der Waals surface area contributed by atoms with Gasteiger partial charge in [0.25, 0.3) is 0 Å². The topological polar surface area (TPSA) is 106 Å². The average Bonchev–Trinajstić information content (AvgIpc) is 2.93. The van der Waals surface area contributed by atoms with Gasteiger partial charge in [-0.15, -0.1) is 11.3 Å². The molecule has 0 amide bonds. The Morgan fingerprint density at radius 2 is 2.21 bits per heavy atom. The van der Waals surface area contributed by atoms with Gasteiger partial charge in [-0.05, 0) is 18.4 Å². The maximum absolute atomic E-state index is 12.0. The molecule has 108 valence electrons. The molecule has 0 radical (unpaired) electrons. The fraction of sp³-hybridized carbons (Fsp3) is 0.600. The largest absolute Gasteiger partial charge is 0.326 e. The molecule has 1 aromatic heterocycles. The highest BCUT2D eigenvalue weighted by Crippen LogP contribution is 2.21. The minimum Gasteiger partial charge on any atom is -0.326 e. The second-order valence-corrected chi connectivity index (χ2v) is 9.57. The molecule has 0 spiro atoms. The van der Waals surface area contributed by atoms with E-state index in [1.54, 1.807) is 6.07 Å². The average molecular weight is 324 g/mol. The highest BCUT2D eigenvalue weighted by atomic mass is 32.2. The van der Waals surface area contributed by atoms with Crippen LogP contribution in [-0.4, -0.2) is 34.9 Å². The highest BCUT2D eigenvalue weighted by molar-refractivity contribution is 7.91. The lowest BCUT2D eigenvalue weighted by atomic mass is 10.1. The van der Waals surface area contributed by atoms with Crippen LogP contribution in [0.2, 0.25) is 0 Å². The summed E-state index contributed by atoms with van der Waals surface area (Å²) in [7, 11) is -6.54. The minimum atomic E-state index is -3.56. The zero-order valence-electron chi connectivity index (χ0n) is 10.2. The first-order valence-corrected chi connectivity index (χ1v) is 9.98. The molecule has 0 bridgehead atoms. The van der Waals surface area contributed by atoms with Gasteiger partial charge in [0.15, 0.2) is 9.84 Å². The van der Waals surface area contributed by atoms with Crippen molar-refractivity contribution >= 4 is 31.2 Å². The molecule has 1 aromatic rings. The van der Waals surface area contributed by atoms with Crippen molar-refractivity contribution in [1.82, 2.24) is 4.72 Å². The van der Waals surface area contributed by atoms with E-state index in [4.69, 9.17) is 5.73 Å². The van der Waals surface area contributed by atoms with Crippen LogP contribution < -0.4 is 10.5 Å². The molecule has 6 nitrogen and oxygen atoms in total. The van der Waals surface area contributed by atoms with Gasteiger partial charge in [-0.2, -0.15) is 0 Å². The van der Waals surface area contributed by atoms with E-state index in [-0.39, 0.29) is 28.9 Å². The summed E-state index contributed by atoms with van der Waals surface area (Å²) in [5.41, 5.74) is 5.44. The van der Waals surface area contributed by atoms with Gasteiger partial charge in [-0.3, -0.25) is 0 Å². The lowest BCUT2D eigenvalue weighted by molar-refractivity contribution is 0.543. The van der Waals surface area contributed by atoms with Gasteiger partial charge in [0, 0.05) is 23.3 Å². The molecule has 1 fully saturated rings. The molecule has 1 aliphatic rings. The first kappa shape index (κ1) is 14.9. The van der Waals surface area contributed by atoms with Crippen molar-refractivity contribution in [2.75, 3.05) is 18.1 Å². The summed E-state index contributed by atoms with van der Waals surface area (Å²) in [5.74, 6) is 0.0786. The van der Waals surface area contributed by atoms with E-state index in [0.717, 1.165) is 4.88 Å². The molecule has 1 saturated heterocycles. The molecule has 0 aliphatic carbocycles. The van der Waals surface area contributed by atoms with Crippen LogP contribution >= 0.6 is 11.3 Å². The van der Waals surface area contributed by atoms with Gasteiger partial charge in [-0.1, -0.05) is 0 Å². The Hall–Kier alpha value is -0.480. The number of thiophene rings is 1. The second-order valence-electron chi connectivity index (χ2n) is 4.57. The SMILES string of the molecule is NCc1cc(S(=O)(=O)NCC2CCS(=O)(=O)C2)cs1. The Balaban J connectivity index is 1.98. The monoisotopic (exact) mass is 324 g/mol. The van der Waals surface area contributed by atoms with E-state index < -0.39 is 19.9 Å². The third kappa shape index (κ3) is 3.76. The van der Waals surface area contributed by atoms with Crippen molar-refractivity contribution in [2.24, 2.45) is 11.7 Å². The van der Waals surface area contributed by atoms with Crippen molar-refractivity contribution in [3.05, 3.63) is 16.3 Å². The Labute approximate surface area is 117 Å². The van der Waals surface area contributed by atoms with Gasteiger partial charge in [0.05, 0.1) is 16.4 Å². The second kappa shape index (κ2) is 5.49. The van der Waals surface area contributed by atoms with Crippen molar-refractivity contribution < 1.29 is 16.8 Å². The third-order valence-electron chi connectivity index (χ3n) is 3.03. The molecule has 1 aliphatic heterocycles. The molecule has 2 heterocycles. The van der Waals surface area contributed by atoms with E-state index in [0.29, 0.717) is 13.0 Å². The van der Waals surface area contributed by atoms with Gasteiger partial charge >= 0.3 is 0 Å². The molecular formula is C10H16N2O4S3. The van der Waals surface area contributed by atoms with E-state index in [1.165, 1.54) is 16.7 Å². The minimum absolute atomic E-state index is 0.0627. The molecule has 2 rings (SSSR count). The molecule has 1 unspecified atom stereocenters. The first-order chi connectivity index (χ1) is 8.82. The number of nitrogens with two attached hydrogens (primary N) is 1. The fourth-order valence-electron chi connectivity index (χ4n) is 1.95. The highest BCUT2D eigenvalue weighted by Gasteiger charge is 2.29. The third-order valence-corrected chi connectivity index (χ3v) is 7.38. The summed E-state index contributed by atoms with van der Waals surface area (Å²) < 4.78 is 49.0. The van der Waals surface area contributed by atoms with Crippen LogP contribution in [0.5, 0.6) is 0 Å². The zero-order chi connectivity index (χ0) is 14.1. The van der Waals surface area contributed by atoms with Gasteiger partial charge < -0.3 is 5.73 Å². The predicted octanol–water partition coefficient (Wildman–Crippen LogP) is -0.0802. The van der Waals surface area contributed by atoms with Crippen LogP contribution in [0.4, 0.5) is 0 Å². The summed E-state index contributed by atoms with van der Waals surface area (Å²) in [5, 5.41) is 1.54. The zero-order valence-corrected chi connectivity index (χ0v) is 12.7. The molecule has 9 heteroatoms. The smallest absolute Gasteiger partial charge is 0.241 e. The van der Waals surface area contributed by atoms with Crippen LogP contribution in [0.25, 0.3) is 0 Å². The van der Waals surface area contributed by atoms with Crippen LogP contribution in [0.3, 0.4) is 0 Å². The van der Waals surface area contributed by atoms with E-state index in [2.05, 4.69) is 4.72 Å². The summed E-state index contributed by atoms with van der Waals surface area (Å²) in [4.78, 5) is 0.989. The lowest BCUT2D eigenvalue weighted by Gasteiger charge is -2.09. The van der Waals surface area contributed by atoms with Crippen molar-refractivity contribution in [2.45, 2.75) is 17.9 Å². The van der Waals surface area contributed by atoms with E-state index in [9.17, 15) is 16.8 Å². The number of sulfone groups is 1. The van der Waals surface area contributed by atoms with Gasteiger partial charge in [0.2, 0.25) is 10.0 Å². The number of rotatable bonds is 5. The molecule has 19 heavy (non-hydrogen) atoms. The Morgan fingerprint density at radius 1 is 1.47 bits per heavy atom. The Morgan fingerprint density at radius 3 is 2.74 bits per heavy atom. The van der Waals surface area contributed by atoms with Crippen molar-refractivity contribution in [3.8, 4) is 0 Å². The predicted molar refractivity (Wildman–Crippen MR) is 74.2 cm³/mol. The van der Waals surface area contributed by atoms with Crippen molar-refractivity contribution in [1.29, 1.82) is 0 Å². The van der Waals surface area contributed by atoms with Gasteiger partial charge in [-0.25, -0.2) is 21.6 Å². The Kier molecular flexibility index (Phi) is 4.31. The summed E-state index contributed by atoms with van der Waals surface area (Å²) >= 11 is 1.29. The van der Waals surface area contributed by atoms with E-state index >= 15 is 0 Å². The molecule has 1 atom stereocenters. The first-order valence-electron chi connectivity index (χ1n) is 5.80. The maximum atomic E-state index is 12.0. The lowest BCUT2D eigenvalue weighted by Crippen LogP contribution is -2.29. The quantitative estimate of drug-likeness (QED) is 0.788. The Bertz CT molecular complexity index is 648. The van der Waals surface area contributed by atoms with Crippen LogP contribution in [0.1, 0.15) is 11.3 Å². The van der Waals surface area contributed by atoms with Crippen LogP contribution in [-0.2, 0) is 26.4 Å². The van der Waals surface area contributed by atoms with Crippen LogP contribution in [0.15, 0.2) is 16.3 Å². The normalized spacial score (nSPS) is 22.7. The number of hydrogen-bond acceptors (Lipinski definition) is 6. The van der Waals surface area contributed by atoms with Crippen molar-refractivity contribution in [3.63, 3.8) is 0 Å². The number of sulfonamides is 1. The number of nitrogens with one attached hydrogen (secondary N) is 1. The summed E-state index contributed by atoms with van der Waals surface area (Å²) in [6.45, 7) is 0.469. The molecular weight excluding hydrogens is 308 g/mol. The molecule has 0 aromatic carbocycles. The molecule has 3 N–H and O–H groups in total. The summed E-state index contributed by atoms with van der Waals surface area (Å²) in [6.07, 6.45) is 0.516. The summed E-state index contributed by atoms with van der Waals surface area (Å²) in [6, 6.07) is 1.54. The molecule has 0 saturated carbocycles.